The Morgan fingerprint density at radius 1 is 0.909 bits per heavy atom. The normalized spacial score (nSPS) is 12.6. The molecule has 1 aliphatic rings. The Kier molecular flexibility index (Phi) is 3.65. The third kappa shape index (κ3) is 2.07. The summed E-state index contributed by atoms with van der Waals surface area (Å²) in [6, 6.07) is 10.4. The molecular formula is C17H16N2O3. The summed E-state index contributed by atoms with van der Waals surface area (Å²) in [5, 5.41) is 2.98. The van der Waals surface area contributed by atoms with Crippen molar-refractivity contribution in [3.8, 4) is 0 Å². The first-order chi connectivity index (χ1) is 10.7. The molecule has 0 heterocycles. The monoisotopic (exact) mass is 296 g/mol. The van der Waals surface area contributed by atoms with Gasteiger partial charge in [0, 0.05) is 23.9 Å². The Hall–Kier alpha value is -2.66. The van der Waals surface area contributed by atoms with Crippen molar-refractivity contribution in [3.63, 3.8) is 0 Å². The maximum absolute atomic E-state index is 12.8. The van der Waals surface area contributed by atoms with Crippen molar-refractivity contribution in [1.29, 1.82) is 0 Å². The van der Waals surface area contributed by atoms with Gasteiger partial charge in [0.1, 0.15) is 0 Å². The zero-order chi connectivity index (χ0) is 15.7. The molecule has 0 fully saturated rings. The van der Waals surface area contributed by atoms with Gasteiger partial charge in [-0.05, 0) is 19.1 Å². The van der Waals surface area contributed by atoms with Crippen LogP contribution in [-0.4, -0.2) is 25.2 Å². The van der Waals surface area contributed by atoms with E-state index < -0.39 is 0 Å². The minimum absolute atomic E-state index is 0.158. The van der Waals surface area contributed by atoms with Crippen molar-refractivity contribution in [1.82, 2.24) is 0 Å². The Morgan fingerprint density at radius 3 is 2.00 bits per heavy atom. The second kappa shape index (κ2) is 5.61. The van der Waals surface area contributed by atoms with E-state index in [1.54, 1.807) is 43.4 Å². The summed E-state index contributed by atoms with van der Waals surface area (Å²) >= 11 is 0. The summed E-state index contributed by atoms with van der Waals surface area (Å²) in [6.45, 7) is 2.28. The number of hydrogen-bond donors (Lipinski definition) is 2. The summed E-state index contributed by atoms with van der Waals surface area (Å²) in [5.41, 5.74) is 5.48. The van der Waals surface area contributed by atoms with Crippen LogP contribution in [0.1, 0.15) is 38.8 Å². The maximum Gasteiger partial charge on any atom is 0.196 e. The quantitative estimate of drug-likeness (QED) is 0.725. The van der Waals surface area contributed by atoms with Crippen LogP contribution in [-0.2, 0) is 4.84 Å². The molecule has 0 spiro atoms. The number of carbonyl (C=O) groups is 2. The van der Waals surface area contributed by atoms with E-state index in [9.17, 15) is 9.59 Å². The Balaban J connectivity index is 2.25. The number of carbonyl (C=O) groups excluding carboxylic acids is 2. The van der Waals surface area contributed by atoms with Gasteiger partial charge in [0.25, 0.3) is 0 Å². The van der Waals surface area contributed by atoms with Gasteiger partial charge in [0.15, 0.2) is 11.6 Å². The van der Waals surface area contributed by atoms with Gasteiger partial charge < -0.3 is 5.32 Å². The Bertz CT molecular complexity index is 768. The predicted molar refractivity (Wildman–Crippen MR) is 84.5 cm³/mol. The summed E-state index contributed by atoms with van der Waals surface area (Å²) in [5.74, 6) is -0.334. The van der Waals surface area contributed by atoms with Gasteiger partial charge in [-0.1, -0.05) is 24.3 Å². The SMILES string of the molecule is CCONc1ccc(NC)c2c1C(=O)c1ccccc1C2=O. The van der Waals surface area contributed by atoms with E-state index in [-0.39, 0.29) is 11.6 Å². The van der Waals surface area contributed by atoms with Crippen LogP contribution in [0.4, 0.5) is 11.4 Å². The van der Waals surface area contributed by atoms with Gasteiger partial charge in [-0.2, -0.15) is 0 Å². The maximum atomic E-state index is 12.8. The molecule has 5 nitrogen and oxygen atoms in total. The number of anilines is 2. The summed E-state index contributed by atoms with van der Waals surface area (Å²) in [4.78, 5) is 30.8. The first-order valence-electron chi connectivity index (χ1n) is 7.10. The first kappa shape index (κ1) is 14.3. The molecule has 0 saturated carbocycles. The van der Waals surface area contributed by atoms with Gasteiger partial charge in [-0.3, -0.25) is 19.9 Å². The Morgan fingerprint density at radius 2 is 1.45 bits per heavy atom. The van der Waals surface area contributed by atoms with Crippen molar-refractivity contribution in [2.75, 3.05) is 24.5 Å². The van der Waals surface area contributed by atoms with E-state index in [1.807, 2.05) is 6.92 Å². The van der Waals surface area contributed by atoms with Crippen molar-refractivity contribution in [2.24, 2.45) is 0 Å². The second-order valence-electron chi connectivity index (χ2n) is 4.90. The molecule has 0 aromatic heterocycles. The van der Waals surface area contributed by atoms with Crippen molar-refractivity contribution in [2.45, 2.75) is 6.92 Å². The second-order valence-corrected chi connectivity index (χ2v) is 4.90. The third-order valence-corrected chi connectivity index (χ3v) is 3.67. The molecule has 0 unspecified atom stereocenters. The fraction of sp³-hybridized carbons (Fsp3) is 0.176. The van der Waals surface area contributed by atoms with Crippen LogP contribution in [0.3, 0.4) is 0 Å². The van der Waals surface area contributed by atoms with Crippen LogP contribution < -0.4 is 10.8 Å². The van der Waals surface area contributed by atoms with Gasteiger partial charge in [-0.15, -0.1) is 0 Å². The molecule has 3 rings (SSSR count). The molecule has 2 aromatic carbocycles. The molecule has 2 N–H and O–H groups in total. The van der Waals surface area contributed by atoms with E-state index in [4.69, 9.17) is 4.84 Å². The molecule has 2 aromatic rings. The van der Waals surface area contributed by atoms with Gasteiger partial charge >= 0.3 is 0 Å². The standard InChI is InChI=1S/C17H16N2O3/c1-3-22-19-13-9-8-12(18-2)14-15(13)17(21)11-7-5-4-6-10(11)16(14)20/h4-9,18-19H,3H2,1-2H3. The molecule has 0 atom stereocenters. The number of nitrogens with one attached hydrogen (secondary N) is 2. The molecule has 22 heavy (non-hydrogen) atoms. The van der Waals surface area contributed by atoms with Crippen molar-refractivity contribution in [3.05, 3.63) is 58.7 Å². The highest BCUT2D eigenvalue weighted by molar-refractivity contribution is 6.31. The smallest absolute Gasteiger partial charge is 0.196 e. The molecule has 112 valence electrons. The number of hydrogen-bond acceptors (Lipinski definition) is 5. The highest BCUT2D eigenvalue weighted by Gasteiger charge is 2.33. The topological polar surface area (TPSA) is 67.4 Å². The molecule has 0 bridgehead atoms. The number of rotatable bonds is 4. The number of fused-ring (bicyclic) bond motifs is 2. The fourth-order valence-electron chi connectivity index (χ4n) is 2.67. The minimum atomic E-state index is -0.176. The van der Waals surface area contributed by atoms with Crippen LogP contribution in [0.2, 0.25) is 0 Å². The van der Waals surface area contributed by atoms with Crippen molar-refractivity contribution >= 4 is 22.9 Å². The number of ketones is 2. The molecule has 0 saturated heterocycles. The summed E-state index contributed by atoms with van der Waals surface area (Å²) < 4.78 is 0. The van der Waals surface area contributed by atoms with E-state index in [2.05, 4.69) is 10.8 Å². The van der Waals surface area contributed by atoms with Crippen LogP contribution >= 0.6 is 0 Å². The molecular weight excluding hydrogens is 280 g/mol. The average Bonchev–Trinajstić information content (AvgIpc) is 2.57. The van der Waals surface area contributed by atoms with Gasteiger partial charge in [-0.25, -0.2) is 0 Å². The zero-order valence-electron chi connectivity index (χ0n) is 12.4. The average molecular weight is 296 g/mol. The molecule has 5 heteroatoms. The van der Waals surface area contributed by atoms with E-state index in [0.29, 0.717) is 40.2 Å². The highest BCUT2D eigenvalue weighted by Crippen LogP contribution is 2.36. The molecule has 0 radical (unpaired) electrons. The van der Waals surface area contributed by atoms with Crippen LogP contribution in [0.5, 0.6) is 0 Å². The first-order valence-corrected chi connectivity index (χ1v) is 7.10. The summed E-state index contributed by atoms with van der Waals surface area (Å²) in [7, 11) is 1.73. The minimum Gasteiger partial charge on any atom is -0.388 e. The Labute approximate surface area is 128 Å². The van der Waals surface area contributed by atoms with E-state index in [1.165, 1.54) is 0 Å². The summed E-state index contributed by atoms with van der Waals surface area (Å²) in [6.07, 6.45) is 0. The molecule has 1 aliphatic carbocycles. The fourth-order valence-corrected chi connectivity index (χ4v) is 2.67. The molecule has 0 amide bonds. The predicted octanol–water partition coefficient (Wildman–Crippen LogP) is 2.87. The highest BCUT2D eigenvalue weighted by atomic mass is 16.6. The van der Waals surface area contributed by atoms with Gasteiger partial charge in [0.05, 0.1) is 23.4 Å². The largest absolute Gasteiger partial charge is 0.388 e. The van der Waals surface area contributed by atoms with Crippen LogP contribution in [0.25, 0.3) is 0 Å². The number of benzene rings is 2. The lowest BCUT2D eigenvalue weighted by Crippen LogP contribution is -2.24. The third-order valence-electron chi connectivity index (χ3n) is 3.67. The van der Waals surface area contributed by atoms with Gasteiger partial charge in [0.2, 0.25) is 0 Å². The molecule has 0 aliphatic heterocycles. The van der Waals surface area contributed by atoms with Crippen LogP contribution in [0, 0.1) is 0 Å². The van der Waals surface area contributed by atoms with Crippen LogP contribution in [0.15, 0.2) is 36.4 Å². The van der Waals surface area contributed by atoms with E-state index >= 15 is 0 Å². The van der Waals surface area contributed by atoms with E-state index in [0.717, 1.165) is 0 Å². The van der Waals surface area contributed by atoms with Crippen molar-refractivity contribution < 1.29 is 14.4 Å². The zero-order valence-corrected chi connectivity index (χ0v) is 12.4. The lowest BCUT2D eigenvalue weighted by molar-refractivity contribution is 0.0979. The lowest BCUT2D eigenvalue weighted by atomic mass is 9.82. The lowest BCUT2D eigenvalue weighted by Gasteiger charge is -2.22.